The van der Waals surface area contributed by atoms with E-state index in [-0.39, 0.29) is 5.75 Å². The van der Waals surface area contributed by atoms with Gasteiger partial charge in [-0.2, -0.15) is 4.98 Å². The van der Waals surface area contributed by atoms with Crippen LogP contribution in [0.5, 0.6) is 5.75 Å². The summed E-state index contributed by atoms with van der Waals surface area (Å²) in [6, 6.07) is 7.54. The quantitative estimate of drug-likeness (QED) is 0.210. The molecule has 1 aliphatic rings. The minimum absolute atomic E-state index is 0.00122. The van der Waals surface area contributed by atoms with Crippen LogP contribution in [-0.2, 0) is 23.4 Å². The van der Waals surface area contributed by atoms with Gasteiger partial charge in [0.05, 0.1) is 33.7 Å². The van der Waals surface area contributed by atoms with E-state index in [1.165, 1.54) is 19.1 Å². The van der Waals surface area contributed by atoms with Crippen molar-refractivity contribution in [3.05, 3.63) is 52.8 Å². The van der Waals surface area contributed by atoms with Crippen LogP contribution in [0.25, 0.3) is 0 Å². The summed E-state index contributed by atoms with van der Waals surface area (Å²) in [5.41, 5.74) is 1.23. The summed E-state index contributed by atoms with van der Waals surface area (Å²) in [7, 11) is -4.64. The number of carbonyl (C=O) groups is 1. The van der Waals surface area contributed by atoms with Gasteiger partial charge in [0.25, 0.3) is 0 Å². The monoisotopic (exact) mass is 589 g/mol. The van der Waals surface area contributed by atoms with Gasteiger partial charge < -0.3 is 29.9 Å². The number of hydrogen-bond acceptors (Lipinski definition) is 11. The van der Waals surface area contributed by atoms with E-state index in [1.54, 1.807) is 32.0 Å². The molecule has 15 heteroatoms. The lowest BCUT2D eigenvalue weighted by Crippen LogP contribution is -2.48. The minimum atomic E-state index is -4.64. The number of hydrogen-bond donors (Lipinski definition) is 3. The van der Waals surface area contributed by atoms with E-state index in [0.29, 0.717) is 10.8 Å². The summed E-state index contributed by atoms with van der Waals surface area (Å²) < 4.78 is 67.0. The molecule has 4 N–H and O–H groups in total. The Bertz CT molecular complexity index is 1440. The maximum Gasteiger partial charge on any atom is 0.380 e. The maximum atomic E-state index is 14.2. The molecule has 1 aromatic carbocycles. The van der Waals surface area contributed by atoms with Crippen LogP contribution in [0.1, 0.15) is 29.7 Å². The lowest BCUT2D eigenvalue weighted by atomic mass is 9.95. The Labute approximate surface area is 231 Å². The van der Waals surface area contributed by atoms with Crippen molar-refractivity contribution in [2.45, 2.75) is 50.9 Å². The number of aromatic nitrogens is 2. The van der Waals surface area contributed by atoms with Crippen molar-refractivity contribution in [1.82, 2.24) is 9.55 Å². The standard InChI is InChI=1S/C24H28ClFN3O9P/c1-14(2)36-21(31)15(3)13-39(34,38-16-7-5-4-6-8-16)35-12-18-19(30)24(33,9-10-25)22(37-18)29-11-17(26)20(27)28-23(29)32/h4-8,11,14-15,18-19,22,30,33H,12-13H2,1-3H3,(H2,27,28,32)/t15-,18-,19+,22-,24?,39+/m1/s1/i12D2. The molecule has 12 nitrogen and oxygen atoms in total. The van der Waals surface area contributed by atoms with Crippen LogP contribution in [0.3, 0.4) is 0 Å². The van der Waals surface area contributed by atoms with Crippen LogP contribution in [0.4, 0.5) is 10.2 Å². The number of ether oxygens (including phenoxy) is 2. The summed E-state index contributed by atoms with van der Waals surface area (Å²) in [6.07, 6.45) is -7.30. The zero-order valence-corrected chi connectivity index (χ0v) is 22.6. The van der Waals surface area contributed by atoms with Crippen molar-refractivity contribution in [1.29, 1.82) is 0 Å². The Morgan fingerprint density at radius 3 is 2.69 bits per heavy atom. The molecule has 0 bridgehead atoms. The highest BCUT2D eigenvalue weighted by Gasteiger charge is 2.57. The zero-order chi connectivity index (χ0) is 30.8. The van der Waals surface area contributed by atoms with Crippen molar-refractivity contribution in [3.8, 4) is 17.0 Å². The molecule has 0 radical (unpaired) electrons. The van der Waals surface area contributed by atoms with Gasteiger partial charge in [-0.15, -0.1) is 0 Å². The van der Waals surface area contributed by atoms with E-state index in [4.69, 9.17) is 38.6 Å². The van der Waals surface area contributed by atoms with E-state index in [9.17, 15) is 28.8 Å². The molecule has 0 amide bonds. The Kier molecular flexibility index (Phi) is 8.82. The molecule has 3 rings (SSSR count). The molecule has 2 aromatic rings. The van der Waals surface area contributed by atoms with Crippen LogP contribution in [-0.4, -0.2) is 62.4 Å². The number of aliphatic hydroxyl groups excluding tert-OH is 1. The van der Waals surface area contributed by atoms with Gasteiger partial charge in [-0.3, -0.25) is 13.9 Å². The topological polar surface area (TPSA) is 172 Å². The van der Waals surface area contributed by atoms with Gasteiger partial charge in [0.2, 0.25) is 5.60 Å². The summed E-state index contributed by atoms with van der Waals surface area (Å²) >= 11 is 5.45. The van der Waals surface area contributed by atoms with Crippen molar-refractivity contribution < 1.29 is 45.2 Å². The van der Waals surface area contributed by atoms with E-state index in [1.807, 2.05) is 11.3 Å². The number of para-hydroxylation sites is 1. The average molecular weight is 590 g/mol. The fourth-order valence-corrected chi connectivity index (χ4v) is 5.39. The fourth-order valence-electron chi connectivity index (χ4n) is 3.53. The number of halogens is 2. The molecule has 1 fully saturated rings. The first-order valence-electron chi connectivity index (χ1n) is 12.5. The van der Waals surface area contributed by atoms with Crippen LogP contribution in [0.15, 0.2) is 41.3 Å². The first-order valence-corrected chi connectivity index (χ1v) is 13.6. The molecule has 1 saturated heterocycles. The number of anilines is 1. The average Bonchev–Trinajstić information content (AvgIpc) is 3.12. The van der Waals surface area contributed by atoms with Gasteiger partial charge >= 0.3 is 19.3 Å². The van der Waals surface area contributed by atoms with Crippen molar-refractivity contribution in [2.75, 3.05) is 18.5 Å². The van der Waals surface area contributed by atoms with Gasteiger partial charge in [0.15, 0.2) is 17.9 Å². The second-order valence-corrected chi connectivity index (χ2v) is 11.0. The Hall–Kier alpha value is -2.98. The molecule has 0 aliphatic carbocycles. The molecule has 1 aliphatic heterocycles. The Morgan fingerprint density at radius 1 is 1.41 bits per heavy atom. The number of rotatable bonds is 10. The fraction of sp³-hybridized carbons (Fsp3) is 0.458. The number of nitrogens with zero attached hydrogens (tertiary/aromatic N) is 2. The number of nitrogens with two attached hydrogens (primary N) is 1. The molecule has 0 spiro atoms. The van der Waals surface area contributed by atoms with Crippen molar-refractivity contribution in [3.63, 3.8) is 0 Å². The van der Waals surface area contributed by atoms with Gasteiger partial charge in [-0.05, 0) is 43.5 Å². The molecule has 1 unspecified atom stereocenters. The van der Waals surface area contributed by atoms with Gasteiger partial charge in [-0.25, -0.2) is 13.8 Å². The Morgan fingerprint density at radius 2 is 2.08 bits per heavy atom. The second kappa shape index (κ2) is 12.5. The van der Waals surface area contributed by atoms with Crippen LogP contribution < -0.4 is 15.9 Å². The number of nitrogen functional groups attached to an aromatic ring is 1. The molecular formula is C24H28ClFN3O9P. The highest BCUT2D eigenvalue weighted by Crippen LogP contribution is 2.51. The molecule has 0 saturated carbocycles. The van der Waals surface area contributed by atoms with Crippen LogP contribution >= 0.6 is 19.2 Å². The van der Waals surface area contributed by atoms with Crippen LogP contribution in [0, 0.1) is 23.0 Å². The highest BCUT2D eigenvalue weighted by atomic mass is 35.5. The SMILES string of the molecule is [2H]C([2H])(O[P@@](=O)(C[C@@H](C)C(=O)OC(C)C)Oc1ccccc1)[C@H]1O[C@@H](n2cc(F)c(N)nc2=O)C(O)(C#CCl)[C@H]1O. The van der Waals surface area contributed by atoms with E-state index in [0.717, 1.165) is 0 Å². The molecule has 1 aromatic heterocycles. The smallest absolute Gasteiger partial charge is 0.380 e. The van der Waals surface area contributed by atoms with E-state index >= 15 is 0 Å². The van der Waals surface area contributed by atoms with Gasteiger partial charge in [0.1, 0.15) is 18.0 Å². The number of benzene rings is 1. The number of esters is 1. The highest BCUT2D eigenvalue weighted by molar-refractivity contribution is 7.54. The predicted octanol–water partition coefficient (Wildman–Crippen LogP) is 2.03. The normalized spacial score (nSPS) is 26.0. The predicted molar refractivity (Wildman–Crippen MR) is 137 cm³/mol. The van der Waals surface area contributed by atoms with E-state index in [2.05, 4.69) is 4.98 Å². The van der Waals surface area contributed by atoms with Crippen molar-refractivity contribution >= 4 is 31.0 Å². The zero-order valence-electron chi connectivity index (χ0n) is 23.0. The lowest BCUT2D eigenvalue weighted by molar-refractivity contribution is -0.151. The van der Waals surface area contributed by atoms with Gasteiger partial charge in [0, 0.05) is 5.38 Å². The third-order valence-electron chi connectivity index (χ3n) is 5.37. The minimum Gasteiger partial charge on any atom is -0.463 e. The summed E-state index contributed by atoms with van der Waals surface area (Å²) in [5.74, 6) is -1.81. The summed E-state index contributed by atoms with van der Waals surface area (Å²) in [6.45, 7) is 1.32. The maximum absolute atomic E-state index is 14.2. The Balaban J connectivity index is 2.01. The molecule has 212 valence electrons. The first-order chi connectivity index (χ1) is 19.0. The molecule has 6 atom stereocenters. The van der Waals surface area contributed by atoms with E-state index < -0.39 is 79.7 Å². The summed E-state index contributed by atoms with van der Waals surface area (Å²) in [5, 5.41) is 23.9. The molecular weight excluding hydrogens is 560 g/mol. The van der Waals surface area contributed by atoms with Crippen molar-refractivity contribution in [2.24, 2.45) is 5.92 Å². The third-order valence-corrected chi connectivity index (χ3v) is 7.33. The second-order valence-electron chi connectivity index (χ2n) is 8.86. The molecule has 2 heterocycles. The number of aliphatic hydroxyl groups is 2. The molecule has 39 heavy (non-hydrogen) atoms. The summed E-state index contributed by atoms with van der Waals surface area (Å²) in [4.78, 5) is 28.1. The number of carbonyl (C=O) groups excluding carboxylic acids is 1. The third kappa shape index (κ3) is 7.16. The lowest BCUT2D eigenvalue weighted by Gasteiger charge is -2.26. The van der Waals surface area contributed by atoms with Crippen LogP contribution in [0.2, 0.25) is 0 Å². The van der Waals surface area contributed by atoms with Gasteiger partial charge in [-0.1, -0.05) is 25.1 Å². The largest absolute Gasteiger partial charge is 0.463 e. The first kappa shape index (κ1) is 27.6.